The molecule has 0 fully saturated rings. The minimum Gasteiger partial charge on any atom is -0.475 e. The van der Waals surface area contributed by atoms with Crippen LogP contribution in [0.3, 0.4) is 0 Å². The van der Waals surface area contributed by atoms with Crippen LogP contribution in [0.15, 0.2) is 59.5 Å². The van der Waals surface area contributed by atoms with Crippen molar-refractivity contribution in [2.45, 2.75) is 18.7 Å². The summed E-state index contributed by atoms with van der Waals surface area (Å²) >= 11 is 0. The number of aromatic nitrogens is 2. The molecule has 1 aromatic heterocycles. The predicted molar refractivity (Wildman–Crippen MR) is 97.1 cm³/mol. The maximum atomic E-state index is 12.6. The molecular weight excluding hydrogens is 338 g/mol. The average Bonchev–Trinajstić information content (AvgIpc) is 2.60. The Morgan fingerprint density at radius 1 is 0.960 bits per heavy atom. The molecule has 0 saturated carbocycles. The molecule has 0 radical (unpaired) electrons. The lowest BCUT2D eigenvalue weighted by molar-refractivity contribution is 0.263. The standard InChI is InChI=1S/C18H19N3O3S/c1-13(2)12-24-18-17(19-15-10-6-7-11-16(15)20-18)21-25(22,23)14-8-4-3-5-9-14/h3-11,13H,12H2,1-2H3,(H,19,21). The molecule has 0 atom stereocenters. The number of ether oxygens (including phenoxy) is 1. The van der Waals surface area contributed by atoms with Crippen LogP contribution in [-0.2, 0) is 10.0 Å². The van der Waals surface area contributed by atoms with Gasteiger partial charge in [-0.05, 0) is 30.2 Å². The fourth-order valence-electron chi connectivity index (χ4n) is 2.18. The minimum atomic E-state index is -3.78. The highest BCUT2D eigenvalue weighted by atomic mass is 32.2. The molecule has 6 nitrogen and oxygen atoms in total. The first-order valence-electron chi connectivity index (χ1n) is 7.93. The fraction of sp³-hybridized carbons (Fsp3) is 0.222. The average molecular weight is 357 g/mol. The summed E-state index contributed by atoms with van der Waals surface area (Å²) in [6.45, 7) is 4.41. The summed E-state index contributed by atoms with van der Waals surface area (Å²) in [6.07, 6.45) is 0. The summed E-state index contributed by atoms with van der Waals surface area (Å²) in [5, 5.41) is 0. The minimum absolute atomic E-state index is 0.0863. The Hall–Kier alpha value is -2.67. The summed E-state index contributed by atoms with van der Waals surface area (Å²) < 4.78 is 33.4. The topological polar surface area (TPSA) is 81.2 Å². The van der Waals surface area contributed by atoms with Gasteiger partial charge in [0.15, 0.2) is 0 Å². The van der Waals surface area contributed by atoms with Crippen molar-refractivity contribution in [2.75, 3.05) is 11.3 Å². The number of nitrogens with zero attached hydrogens (tertiary/aromatic N) is 2. The maximum absolute atomic E-state index is 12.6. The summed E-state index contributed by atoms with van der Waals surface area (Å²) in [6, 6.07) is 15.4. The summed E-state index contributed by atoms with van der Waals surface area (Å²) in [7, 11) is -3.78. The van der Waals surface area contributed by atoms with Crippen LogP contribution >= 0.6 is 0 Å². The van der Waals surface area contributed by atoms with Gasteiger partial charge < -0.3 is 4.74 Å². The summed E-state index contributed by atoms with van der Waals surface area (Å²) in [4.78, 5) is 8.95. The van der Waals surface area contributed by atoms with Crippen molar-refractivity contribution in [3.05, 3.63) is 54.6 Å². The number of hydrogen-bond acceptors (Lipinski definition) is 5. The molecule has 0 bridgehead atoms. The highest BCUT2D eigenvalue weighted by Gasteiger charge is 2.19. The van der Waals surface area contributed by atoms with Crippen molar-refractivity contribution in [1.82, 2.24) is 9.97 Å². The zero-order chi connectivity index (χ0) is 17.9. The molecule has 0 unspecified atom stereocenters. The Morgan fingerprint density at radius 2 is 1.56 bits per heavy atom. The molecule has 0 spiro atoms. The van der Waals surface area contributed by atoms with Crippen LogP contribution in [0.2, 0.25) is 0 Å². The van der Waals surface area contributed by atoms with E-state index < -0.39 is 10.0 Å². The van der Waals surface area contributed by atoms with Gasteiger partial charge >= 0.3 is 0 Å². The number of rotatable bonds is 6. The van der Waals surface area contributed by atoms with Gasteiger partial charge in [0, 0.05) is 0 Å². The molecule has 7 heteroatoms. The van der Waals surface area contributed by atoms with E-state index in [4.69, 9.17) is 4.74 Å². The molecule has 1 N–H and O–H groups in total. The van der Waals surface area contributed by atoms with Gasteiger partial charge in [-0.3, -0.25) is 4.72 Å². The molecule has 0 amide bonds. The van der Waals surface area contributed by atoms with Crippen LogP contribution in [0.25, 0.3) is 11.0 Å². The zero-order valence-electron chi connectivity index (χ0n) is 14.0. The van der Waals surface area contributed by atoms with Crippen LogP contribution < -0.4 is 9.46 Å². The highest BCUT2D eigenvalue weighted by molar-refractivity contribution is 7.92. The smallest absolute Gasteiger partial charge is 0.263 e. The van der Waals surface area contributed by atoms with E-state index >= 15 is 0 Å². The Labute approximate surface area is 146 Å². The van der Waals surface area contributed by atoms with Gasteiger partial charge in [0.05, 0.1) is 22.5 Å². The SMILES string of the molecule is CC(C)COc1nc2ccccc2nc1NS(=O)(=O)c1ccccc1. The lowest BCUT2D eigenvalue weighted by Crippen LogP contribution is -2.16. The van der Waals surface area contributed by atoms with Crippen LogP contribution in [0.1, 0.15) is 13.8 Å². The van der Waals surface area contributed by atoms with E-state index in [0.717, 1.165) is 0 Å². The van der Waals surface area contributed by atoms with Gasteiger partial charge in [0.1, 0.15) is 0 Å². The van der Waals surface area contributed by atoms with Crippen LogP contribution in [0.4, 0.5) is 5.82 Å². The number of para-hydroxylation sites is 2. The second kappa shape index (κ2) is 7.06. The maximum Gasteiger partial charge on any atom is 0.263 e. The Morgan fingerprint density at radius 3 is 2.20 bits per heavy atom. The number of hydrogen-bond donors (Lipinski definition) is 1. The van der Waals surface area contributed by atoms with Crippen LogP contribution in [0.5, 0.6) is 5.88 Å². The summed E-state index contributed by atoms with van der Waals surface area (Å²) in [5.41, 5.74) is 1.23. The fourth-order valence-corrected chi connectivity index (χ4v) is 3.20. The van der Waals surface area contributed by atoms with E-state index in [2.05, 4.69) is 14.7 Å². The first-order valence-corrected chi connectivity index (χ1v) is 9.41. The van der Waals surface area contributed by atoms with E-state index in [1.165, 1.54) is 12.1 Å². The molecule has 130 valence electrons. The van der Waals surface area contributed by atoms with E-state index in [1.807, 2.05) is 26.0 Å². The number of fused-ring (bicyclic) bond motifs is 1. The quantitative estimate of drug-likeness (QED) is 0.730. The first-order chi connectivity index (χ1) is 12.0. The second-order valence-electron chi connectivity index (χ2n) is 5.99. The zero-order valence-corrected chi connectivity index (χ0v) is 14.8. The van der Waals surface area contributed by atoms with Gasteiger partial charge in [-0.2, -0.15) is 0 Å². The van der Waals surface area contributed by atoms with Gasteiger partial charge in [-0.1, -0.05) is 44.2 Å². The number of benzene rings is 2. The molecular formula is C18H19N3O3S. The molecule has 1 heterocycles. The van der Waals surface area contributed by atoms with E-state index in [1.54, 1.807) is 30.3 Å². The Balaban J connectivity index is 2.02. The third-order valence-electron chi connectivity index (χ3n) is 3.38. The van der Waals surface area contributed by atoms with Crippen molar-refractivity contribution in [3.8, 4) is 5.88 Å². The third kappa shape index (κ3) is 4.06. The van der Waals surface area contributed by atoms with Gasteiger partial charge in [-0.25, -0.2) is 18.4 Å². The van der Waals surface area contributed by atoms with Crippen LogP contribution in [-0.4, -0.2) is 25.0 Å². The molecule has 2 aromatic carbocycles. The third-order valence-corrected chi connectivity index (χ3v) is 4.73. The summed E-state index contributed by atoms with van der Waals surface area (Å²) in [5.74, 6) is 0.530. The Bertz CT molecular complexity index is 973. The monoisotopic (exact) mass is 357 g/mol. The molecule has 0 aliphatic carbocycles. The molecule has 25 heavy (non-hydrogen) atoms. The van der Waals surface area contributed by atoms with Gasteiger partial charge in [0.25, 0.3) is 15.9 Å². The van der Waals surface area contributed by atoms with Crippen molar-refractivity contribution >= 4 is 26.9 Å². The number of sulfonamides is 1. The van der Waals surface area contributed by atoms with Crippen molar-refractivity contribution in [2.24, 2.45) is 5.92 Å². The van der Waals surface area contributed by atoms with Gasteiger partial charge in [-0.15, -0.1) is 0 Å². The van der Waals surface area contributed by atoms with Crippen molar-refractivity contribution in [3.63, 3.8) is 0 Å². The van der Waals surface area contributed by atoms with E-state index in [0.29, 0.717) is 17.6 Å². The van der Waals surface area contributed by atoms with E-state index in [-0.39, 0.29) is 22.5 Å². The van der Waals surface area contributed by atoms with Gasteiger partial charge in [0.2, 0.25) is 5.82 Å². The van der Waals surface area contributed by atoms with Crippen molar-refractivity contribution < 1.29 is 13.2 Å². The molecule has 0 saturated heterocycles. The largest absolute Gasteiger partial charge is 0.475 e. The number of anilines is 1. The molecule has 0 aliphatic heterocycles. The predicted octanol–water partition coefficient (Wildman–Crippen LogP) is 3.47. The first kappa shape index (κ1) is 17.2. The lowest BCUT2D eigenvalue weighted by Gasteiger charge is -2.14. The Kier molecular flexibility index (Phi) is 4.85. The molecule has 0 aliphatic rings. The molecule has 3 aromatic rings. The normalized spacial score (nSPS) is 11.6. The second-order valence-corrected chi connectivity index (χ2v) is 7.67. The van der Waals surface area contributed by atoms with Crippen molar-refractivity contribution in [1.29, 1.82) is 0 Å². The molecule has 3 rings (SSSR count). The van der Waals surface area contributed by atoms with E-state index in [9.17, 15) is 8.42 Å². The van der Waals surface area contributed by atoms with Crippen LogP contribution in [0, 0.1) is 5.92 Å². The highest BCUT2D eigenvalue weighted by Crippen LogP contribution is 2.26. The lowest BCUT2D eigenvalue weighted by atomic mass is 10.2. The number of nitrogens with one attached hydrogen (secondary N) is 1.